The molecule has 0 aliphatic heterocycles. The third-order valence-corrected chi connectivity index (χ3v) is 5.97. The average molecular weight is 335 g/mol. The van der Waals surface area contributed by atoms with E-state index in [0.717, 1.165) is 11.4 Å². The number of methoxy groups -OCH3 is 1. The van der Waals surface area contributed by atoms with Crippen molar-refractivity contribution in [1.29, 1.82) is 0 Å². The van der Waals surface area contributed by atoms with Crippen LogP contribution in [0.4, 0.5) is 0 Å². The van der Waals surface area contributed by atoms with E-state index in [2.05, 4.69) is 5.32 Å². The summed E-state index contributed by atoms with van der Waals surface area (Å²) in [5, 5.41) is 5.03. The van der Waals surface area contributed by atoms with Gasteiger partial charge in [-0.05, 0) is 23.9 Å². The Hall–Kier alpha value is -0.470. The van der Waals surface area contributed by atoms with Gasteiger partial charge in [0.05, 0.1) is 11.5 Å². The van der Waals surface area contributed by atoms with Crippen LogP contribution in [-0.2, 0) is 21.3 Å². The zero-order chi connectivity index (χ0) is 15.9. The lowest BCUT2D eigenvalue weighted by Gasteiger charge is -2.23. The topological polar surface area (TPSA) is 58.6 Å². The third-order valence-electron chi connectivity index (χ3n) is 2.97. The largest absolute Gasteiger partial charge is 0.383 e. The molecule has 1 aromatic rings. The molecule has 1 N–H and O–H groups in total. The van der Waals surface area contributed by atoms with E-state index >= 15 is 0 Å². The molecule has 0 aliphatic carbocycles. The van der Waals surface area contributed by atoms with Crippen LogP contribution in [0.5, 0.6) is 0 Å². The van der Waals surface area contributed by atoms with Crippen molar-refractivity contribution in [3.05, 3.63) is 16.3 Å². The van der Waals surface area contributed by atoms with Gasteiger partial charge in [-0.25, -0.2) is 8.42 Å². The van der Waals surface area contributed by atoms with Crippen LogP contribution < -0.4 is 5.32 Å². The monoisotopic (exact) mass is 334 g/mol. The van der Waals surface area contributed by atoms with Gasteiger partial charge in [-0.15, -0.1) is 11.3 Å². The van der Waals surface area contributed by atoms with Crippen LogP contribution in [0, 0.1) is 5.92 Å². The van der Waals surface area contributed by atoms with E-state index in [1.165, 1.54) is 15.6 Å². The van der Waals surface area contributed by atoms with Gasteiger partial charge in [0.25, 0.3) is 0 Å². The van der Waals surface area contributed by atoms with Gasteiger partial charge >= 0.3 is 0 Å². The summed E-state index contributed by atoms with van der Waals surface area (Å²) >= 11 is 1.48. The second-order valence-corrected chi connectivity index (χ2v) is 8.15. The first-order valence-electron chi connectivity index (χ1n) is 7.19. The summed E-state index contributed by atoms with van der Waals surface area (Å²) in [6.07, 6.45) is 0. The molecular weight excluding hydrogens is 308 g/mol. The Morgan fingerprint density at radius 3 is 2.71 bits per heavy atom. The number of hydrogen-bond acceptors (Lipinski definition) is 5. The van der Waals surface area contributed by atoms with Gasteiger partial charge in [-0.3, -0.25) is 0 Å². The fourth-order valence-electron chi connectivity index (χ4n) is 1.98. The number of thiophene rings is 1. The Balaban J connectivity index is 3.01. The summed E-state index contributed by atoms with van der Waals surface area (Å²) in [5.74, 6) is 0.271. The van der Waals surface area contributed by atoms with Gasteiger partial charge in [0.2, 0.25) is 10.0 Å². The molecule has 122 valence electrons. The summed E-state index contributed by atoms with van der Waals surface area (Å²) in [5.41, 5.74) is 0. The van der Waals surface area contributed by atoms with Gasteiger partial charge in [-0.1, -0.05) is 20.8 Å². The van der Waals surface area contributed by atoms with Crippen LogP contribution in [0.3, 0.4) is 0 Å². The Morgan fingerprint density at radius 2 is 2.14 bits per heavy atom. The molecule has 0 spiro atoms. The number of rotatable bonds is 10. The molecule has 0 saturated carbocycles. The van der Waals surface area contributed by atoms with E-state index in [-0.39, 0.29) is 5.92 Å². The van der Waals surface area contributed by atoms with Crippen molar-refractivity contribution >= 4 is 21.4 Å². The van der Waals surface area contributed by atoms with Crippen molar-refractivity contribution in [3.63, 3.8) is 0 Å². The van der Waals surface area contributed by atoms with Crippen LogP contribution in [0.25, 0.3) is 0 Å². The average Bonchev–Trinajstić information content (AvgIpc) is 2.89. The van der Waals surface area contributed by atoms with Gasteiger partial charge in [0, 0.05) is 31.6 Å². The number of nitrogens with zero attached hydrogens (tertiary/aromatic N) is 1. The number of sulfonamides is 1. The Bertz CT molecular complexity index is 512. The SMILES string of the molecule is CCNCc1sccc1S(=O)(=O)N(CCOC)CC(C)C. The molecule has 0 aromatic carbocycles. The first-order valence-corrected chi connectivity index (χ1v) is 9.51. The molecule has 1 heterocycles. The molecule has 0 fully saturated rings. The molecule has 0 saturated heterocycles. The predicted molar refractivity (Wildman–Crippen MR) is 87.2 cm³/mol. The summed E-state index contributed by atoms with van der Waals surface area (Å²) < 4.78 is 32.3. The van der Waals surface area contributed by atoms with Crippen molar-refractivity contribution < 1.29 is 13.2 Å². The Morgan fingerprint density at radius 1 is 1.43 bits per heavy atom. The molecule has 0 radical (unpaired) electrons. The zero-order valence-electron chi connectivity index (χ0n) is 13.3. The fourth-order valence-corrected chi connectivity index (χ4v) is 4.95. The van der Waals surface area contributed by atoms with Crippen LogP contribution >= 0.6 is 11.3 Å². The number of nitrogens with one attached hydrogen (secondary N) is 1. The van der Waals surface area contributed by atoms with E-state index in [4.69, 9.17) is 4.74 Å². The van der Waals surface area contributed by atoms with Crippen molar-refractivity contribution in [3.8, 4) is 0 Å². The van der Waals surface area contributed by atoms with E-state index < -0.39 is 10.0 Å². The van der Waals surface area contributed by atoms with Gasteiger partial charge in [-0.2, -0.15) is 4.31 Å². The van der Waals surface area contributed by atoms with Crippen LogP contribution in [-0.4, -0.2) is 46.1 Å². The lowest BCUT2D eigenvalue weighted by molar-refractivity contribution is 0.175. The van der Waals surface area contributed by atoms with Gasteiger partial charge < -0.3 is 10.1 Å². The van der Waals surface area contributed by atoms with E-state index in [1.54, 1.807) is 13.2 Å². The minimum absolute atomic E-state index is 0.271. The van der Waals surface area contributed by atoms with Crippen molar-refractivity contribution in [1.82, 2.24) is 9.62 Å². The minimum atomic E-state index is -3.46. The molecule has 1 aromatic heterocycles. The van der Waals surface area contributed by atoms with Crippen LogP contribution in [0.1, 0.15) is 25.6 Å². The molecule has 0 amide bonds. The summed E-state index contributed by atoms with van der Waals surface area (Å²) in [6, 6.07) is 1.70. The minimum Gasteiger partial charge on any atom is -0.383 e. The number of ether oxygens (including phenoxy) is 1. The van der Waals surface area contributed by atoms with Crippen molar-refractivity contribution in [2.45, 2.75) is 32.2 Å². The highest BCUT2D eigenvalue weighted by Gasteiger charge is 2.27. The lowest BCUT2D eigenvalue weighted by Crippen LogP contribution is -2.37. The highest BCUT2D eigenvalue weighted by atomic mass is 32.2. The first kappa shape index (κ1) is 18.6. The first-order chi connectivity index (χ1) is 9.93. The maximum atomic E-state index is 12.9. The standard InChI is InChI=1S/C14H26N2O3S2/c1-5-15-10-13-14(6-9-20-13)21(17,18)16(7-8-19-4)11-12(2)3/h6,9,12,15H,5,7-8,10-11H2,1-4H3. The smallest absolute Gasteiger partial charge is 0.244 e. The molecular formula is C14H26N2O3S2. The van der Waals surface area contributed by atoms with E-state index in [0.29, 0.717) is 31.1 Å². The maximum absolute atomic E-state index is 12.9. The fraction of sp³-hybridized carbons (Fsp3) is 0.714. The molecule has 0 unspecified atom stereocenters. The maximum Gasteiger partial charge on any atom is 0.244 e. The quantitative estimate of drug-likeness (QED) is 0.712. The predicted octanol–water partition coefficient (Wildman–Crippen LogP) is 2.15. The molecule has 0 bridgehead atoms. The summed E-state index contributed by atoms with van der Waals surface area (Å²) in [7, 11) is -1.88. The third kappa shape index (κ3) is 5.34. The molecule has 0 atom stereocenters. The molecule has 21 heavy (non-hydrogen) atoms. The lowest BCUT2D eigenvalue weighted by atomic mass is 10.2. The molecule has 1 rings (SSSR count). The van der Waals surface area contributed by atoms with Crippen molar-refractivity contribution in [2.24, 2.45) is 5.92 Å². The molecule has 7 heteroatoms. The highest BCUT2D eigenvalue weighted by Crippen LogP contribution is 2.25. The molecule has 0 aliphatic rings. The highest BCUT2D eigenvalue weighted by molar-refractivity contribution is 7.89. The number of hydrogen-bond donors (Lipinski definition) is 1. The van der Waals surface area contributed by atoms with Gasteiger partial charge in [0.15, 0.2) is 0 Å². The Kier molecular flexibility index (Phi) is 7.83. The zero-order valence-corrected chi connectivity index (χ0v) is 14.9. The van der Waals surface area contributed by atoms with Crippen molar-refractivity contribution in [2.75, 3.05) is 33.4 Å². The Labute approximate surface area is 132 Å². The molecule has 5 nitrogen and oxygen atoms in total. The second-order valence-electron chi connectivity index (χ2n) is 5.24. The van der Waals surface area contributed by atoms with Gasteiger partial charge in [0.1, 0.15) is 0 Å². The summed E-state index contributed by atoms with van der Waals surface area (Å²) in [6.45, 7) is 8.73. The second kappa shape index (κ2) is 8.85. The van der Waals surface area contributed by atoms with E-state index in [1.807, 2.05) is 26.2 Å². The van der Waals surface area contributed by atoms with Crippen LogP contribution in [0.2, 0.25) is 0 Å². The normalized spacial score (nSPS) is 12.5. The summed E-state index contributed by atoms with van der Waals surface area (Å²) in [4.78, 5) is 1.29. The van der Waals surface area contributed by atoms with Crippen LogP contribution in [0.15, 0.2) is 16.3 Å². The van der Waals surface area contributed by atoms with E-state index in [9.17, 15) is 8.42 Å².